The average Bonchev–Trinajstić information content (AvgIpc) is 2.56. The first-order valence-corrected chi connectivity index (χ1v) is 5.88. The number of rotatable bonds is 4. The number of nitrogens with zero attached hydrogens (tertiary/aromatic N) is 1. The first-order chi connectivity index (χ1) is 7.06. The summed E-state index contributed by atoms with van der Waals surface area (Å²) in [5.41, 5.74) is 0.421. The van der Waals surface area contributed by atoms with E-state index in [1.54, 1.807) is 0 Å². The summed E-state index contributed by atoms with van der Waals surface area (Å²) in [6, 6.07) is 0. The fraction of sp³-hybridized carbons (Fsp3) is 0.556. The quantitative estimate of drug-likeness (QED) is 0.503. The van der Waals surface area contributed by atoms with Crippen LogP contribution in [0, 0.1) is 5.92 Å². The predicted molar refractivity (Wildman–Crippen MR) is 59.3 cm³/mol. The van der Waals surface area contributed by atoms with Gasteiger partial charge < -0.3 is 9.26 Å². The van der Waals surface area contributed by atoms with E-state index in [0.717, 1.165) is 0 Å². The monoisotopic (exact) mass is 221 g/mol. The maximum atomic E-state index is 11.7. The van der Waals surface area contributed by atoms with Gasteiger partial charge in [0, 0.05) is 4.56 Å². The highest BCUT2D eigenvalue weighted by Gasteiger charge is 2.19. The molecule has 1 heterocycles. The Hall–Kier alpha value is -0.723. The third kappa shape index (κ3) is 3.12. The van der Waals surface area contributed by atoms with Gasteiger partial charge >= 0.3 is 5.97 Å². The summed E-state index contributed by atoms with van der Waals surface area (Å²) >= 11 is 0.641. The number of hydrogen-bond acceptors (Lipinski definition) is 4. The number of ether oxygens (including phenoxy) is 1. The van der Waals surface area contributed by atoms with E-state index in [1.165, 1.54) is 0 Å². The summed E-state index contributed by atoms with van der Waals surface area (Å²) in [6.07, 6.45) is 0.168. The minimum Gasteiger partial charge on any atom is -0.462 e. The molecule has 1 aromatic rings. The molecule has 0 atom stereocenters. The van der Waals surface area contributed by atoms with Gasteiger partial charge in [0.25, 0.3) is 16.3 Å². The Bertz CT molecular complexity index is 351. The predicted octanol–water partition coefficient (Wildman–Crippen LogP) is -0.586. The van der Waals surface area contributed by atoms with Crippen molar-refractivity contribution in [1.82, 2.24) is 5.16 Å². The van der Waals surface area contributed by atoms with E-state index in [9.17, 15) is 4.79 Å². The first kappa shape index (κ1) is 12.3. The van der Waals surface area contributed by atoms with Crippen molar-refractivity contribution < 1.29 is 14.1 Å². The molecule has 0 bridgehead atoms. The van der Waals surface area contributed by atoms with E-state index < -0.39 is 0 Å². The van der Waals surface area contributed by atoms with Crippen molar-refractivity contribution in [1.29, 1.82) is 0 Å². The SMILES string of the molecule is [B]Cc1on[c]([AlH2])c1C(=O)OCC(C)C. The van der Waals surface area contributed by atoms with Crippen LogP contribution >= 0.6 is 0 Å². The summed E-state index contributed by atoms with van der Waals surface area (Å²) in [5, 5.41) is 3.74. The zero-order valence-electron chi connectivity index (χ0n) is 9.24. The largest absolute Gasteiger partial charge is 0.462 e. The van der Waals surface area contributed by atoms with Gasteiger partial charge in [0.15, 0.2) is 0 Å². The first-order valence-electron chi connectivity index (χ1n) is 4.88. The zero-order valence-corrected chi connectivity index (χ0v) is 11.2. The van der Waals surface area contributed by atoms with Crippen LogP contribution in [-0.2, 0) is 11.1 Å². The molecule has 1 rings (SSSR count). The van der Waals surface area contributed by atoms with Gasteiger partial charge in [0.05, 0.1) is 14.5 Å². The number of carbonyl (C=O) groups excluding carboxylic acids is 1. The molecular formula is C9H13AlBNO3. The molecule has 0 saturated heterocycles. The third-order valence-corrected chi connectivity index (χ3v) is 2.55. The van der Waals surface area contributed by atoms with Crippen molar-refractivity contribution in [2.45, 2.75) is 20.2 Å². The van der Waals surface area contributed by atoms with E-state index in [-0.39, 0.29) is 12.3 Å². The molecule has 0 aromatic carbocycles. The lowest BCUT2D eigenvalue weighted by Gasteiger charge is -2.06. The van der Waals surface area contributed by atoms with Gasteiger partial charge in [-0.05, 0) is 12.2 Å². The molecule has 0 spiro atoms. The summed E-state index contributed by atoms with van der Waals surface area (Å²) in [4.78, 5) is 11.7. The fourth-order valence-electron chi connectivity index (χ4n) is 1.13. The van der Waals surface area contributed by atoms with Crippen molar-refractivity contribution in [2.24, 2.45) is 5.92 Å². The molecule has 4 nitrogen and oxygen atoms in total. The Labute approximate surface area is 98.2 Å². The second kappa shape index (κ2) is 5.39. The van der Waals surface area contributed by atoms with Crippen molar-refractivity contribution >= 4 is 34.7 Å². The Kier molecular flexibility index (Phi) is 4.43. The molecule has 15 heavy (non-hydrogen) atoms. The third-order valence-electron chi connectivity index (χ3n) is 1.87. The van der Waals surface area contributed by atoms with Crippen molar-refractivity contribution in [3.8, 4) is 0 Å². The maximum absolute atomic E-state index is 11.7. The molecule has 0 saturated carbocycles. The Balaban J connectivity index is 2.76. The lowest BCUT2D eigenvalue weighted by molar-refractivity contribution is 0.0458. The van der Waals surface area contributed by atoms with Crippen molar-refractivity contribution in [3.63, 3.8) is 0 Å². The van der Waals surface area contributed by atoms with Gasteiger partial charge in [-0.25, -0.2) is 4.79 Å². The van der Waals surface area contributed by atoms with Gasteiger partial charge in [0.1, 0.15) is 11.3 Å². The minimum atomic E-state index is -0.379. The second-order valence-corrected chi connectivity index (χ2v) is 4.71. The highest BCUT2D eigenvalue weighted by atomic mass is 27.0. The van der Waals surface area contributed by atoms with E-state index in [0.29, 0.717) is 44.7 Å². The molecule has 0 N–H and O–H groups in total. The molecule has 1 aromatic heterocycles. The molecular weight excluding hydrogens is 208 g/mol. The lowest BCUT2D eigenvalue weighted by Crippen LogP contribution is -2.20. The van der Waals surface area contributed by atoms with Gasteiger partial charge in [-0.1, -0.05) is 13.8 Å². The molecule has 6 heteroatoms. The van der Waals surface area contributed by atoms with Gasteiger partial charge in [-0.2, -0.15) is 0 Å². The van der Waals surface area contributed by atoms with Crippen LogP contribution in [-0.4, -0.2) is 41.9 Å². The number of esters is 1. The highest BCUT2D eigenvalue weighted by Crippen LogP contribution is 2.07. The number of aromatic nitrogens is 1. The van der Waals surface area contributed by atoms with Gasteiger partial charge in [-0.3, -0.25) is 0 Å². The van der Waals surface area contributed by atoms with Crippen LogP contribution in [0.5, 0.6) is 0 Å². The molecule has 0 fully saturated rings. The number of carbonyl (C=O) groups is 1. The smallest absolute Gasteiger partial charge is 0.342 e. The Morgan fingerprint density at radius 3 is 2.87 bits per heavy atom. The molecule has 2 radical (unpaired) electrons. The van der Waals surface area contributed by atoms with Crippen molar-refractivity contribution in [2.75, 3.05) is 6.61 Å². The summed E-state index contributed by atoms with van der Waals surface area (Å²) in [7, 11) is 5.43. The van der Waals surface area contributed by atoms with Gasteiger partial charge in [-0.15, -0.1) is 5.16 Å². The number of hydrogen-bond donors (Lipinski definition) is 0. The molecule has 0 unspecified atom stereocenters. The van der Waals surface area contributed by atoms with E-state index in [2.05, 4.69) is 5.16 Å². The van der Waals surface area contributed by atoms with Crippen LogP contribution in [0.4, 0.5) is 0 Å². The molecule has 0 amide bonds. The molecule has 0 aliphatic carbocycles. The molecule has 0 aliphatic rings. The van der Waals surface area contributed by atoms with Crippen LogP contribution in [0.2, 0.25) is 0 Å². The standard InChI is InChI=1S/C9H11BNO3.Al.2H/c1-6(2)5-13-9(12)7-4-11-14-8(7)3-10;;;/h6H,3,5H2,1-2H3;;;. The maximum Gasteiger partial charge on any atom is 0.342 e. The molecule has 0 aliphatic heterocycles. The summed E-state index contributed by atoms with van der Waals surface area (Å²) in [5.74, 6) is 0.344. The van der Waals surface area contributed by atoms with E-state index in [1.807, 2.05) is 13.8 Å². The van der Waals surface area contributed by atoms with E-state index in [4.69, 9.17) is 17.1 Å². The van der Waals surface area contributed by atoms with Crippen LogP contribution in [0.25, 0.3) is 0 Å². The highest BCUT2D eigenvalue weighted by molar-refractivity contribution is 6.34. The topological polar surface area (TPSA) is 52.3 Å². The second-order valence-electron chi connectivity index (χ2n) is 3.76. The lowest BCUT2D eigenvalue weighted by atomic mass is 10.0. The van der Waals surface area contributed by atoms with Crippen LogP contribution < -0.4 is 4.56 Å². The van der Waals surface area contributed by atoms with Crippen LogP contribution in [0.3, 0.4) is 0 Å². The molecule has 78 valence electrons. The van der Waals surface area contributed by atoms with Crippen LogP contribution in [0.15, 0.2) is 4.52 Å². The summed E-state index contributed by atoms with van der Waals surface area (Å²) in [6.45, 7) is 4.35. The minimum absolute atomic E-state index is 0.168. The fourth-order valence-corrected chi connectivity index (χ4v) is 1.71. The van der Waals surface area contributed by atoms with E-state index >= 15 is 0 Å². The average molecular weight is 221 g/mol. The summed E-state index contributed by atoms with van der Waals surface area (Å²) < 4.78 is 10.7. The van der Waals surface area contributed by atoms with Gasteiger partial charge in [0.2, 0.25) is 0 Å². The van der Waals surface area contributed by atoms with Crippen LogP contribution in [0.1, 0.15) is 30.0 Å². The zero-order chi connectivity index (χ0) is 11.4. The normalized spacial score (nSPS) is 10.6. The van der Waals surface area contributed by atoms with Crippen molar-refractivity contribution in [3.05, 3.63) is 11.3 Å². The Morgan fingerprint density at radius 1 is 1.67 bits per heavy atom. The Morgan fingerprint density at radius 2 is 2.33 bits per heavy atom.